The van der Waals surface area contributed by atoms with Crippen LogP contribution in [0, 0.1) is 0 Å². The van der Waals surface area contributed by atoms with Crippen molar-refractivity contribution < 1.29 is 9.90 Å². The van der Waals surface area contributed by atoms with E-state index in [1.165, 1.54) is 17.5 Å². The van der Waals surface area contributed by atoms with Crippen LogP contribution < -0.4 is 0 Å². The molecule has 0 heterocycles. The Morgan fingerprint density at radius 2 is 2.00 bits per heavy atom. The molecule has 3 nitrogen and oxygen atoms in total. The predicted octanol–water partition coefficient (Wildman–Crippen LogP) is 2.02. The van der Waals surface area contributed by atoms with Gasteiger partial charge in [0.05, 0.1) is 12.1 Å². The number of rotatable bonds is 3. The smallest absolute Gasteiger partial charge is 0.254 e. The van der Waals surface area contributed by atoms with Gasteiger partial charge in [-0.1, -0.05) is 6.07 Å². The maximum absolute atomic E-state index is 12.4. The summed E-state index contributed by atoms with van der Waals surface area (Å²) in [4.78, 5) is 14.0. The first-order chi connectivity index (χ1) is 8.45. The molecule has 1 amide bonds. The van der Waals surface area contributed by atoms with Crippen molar-refractivity contribution in [3.63, 3.8) is 0 Å². The monoisotopic (exact) mass is 247 g/mol. The van der Waals surface area contributed by atoms with Crippen molar-refractivity contribution >= 4 is 5.91 Å². The normalized spacial score (nSPS) is 14.4. The molecule has 2 rings (SSSR count). The topological polar surface area (TPSA) is 40.5 Å². The Hall–Kier alpha value is -1.35. The van der Waals surface area contributed by atoms with Gasteiger partial charge in [0.2, 0.25) is 0 Å². The molecule has 0 fully saturated rings. The molecule has 1 aromatic carbocycles. The third-order valence-corrected chi connectivity index (χ3v) is 3.95. The van der Waals surface area contributed by atoms with Crippen LogP contribution in [0.2, 0.25) is 0 Å². The summed E-state index contributed by atoms with van der Waals surface area (Å²) in [5.41, 5.74) is 2.86. The van der Waals surface area contributed by atoms with Gasteiger partial charge in [-0.05, 0) is 56.4 Å². The second kappa shape index (κ2) is 4.73. The molecule has 0 bridgehead atoms. The van der Waals surface area contributed by atoms with Crippen molar-refractivity contribution in [3.8, 4) is 0 Å². The molecule has 1 aliphatic rings. The van der Waals surface area contributed by atoms with Gasteiger partial charge in [-0.15, -0.1) is 0 Å². The molecule has 0 spiro atoms. The number of fused-ring (bicyclic) bond motifs is 1. The summed E-state index contributed by atoms with van der Waals surface area (Å²) in [5.74, 6) is -0.0243. The largest absolute Gasteiger partial charge is 0.394 e. The first-order valence-electron chi connectivity index (χ1n) is 6.46. The van der Waals surface area contributed by atoms with E-state index in [2.05, 4.69) is 6.07 Å². The standard InChI is InChI=1S/C15H21NO2/c1-15(2,10-17)16(3)14(18)13-8-7-11-5-4-6-12(11)9-13/h7-9,17H,4-6,10H2,1-3H3. The van der Waals surface area contributed by atoms with E-state index >= 15 is 0 Å². The maximum atomic E-state index is 12.4. The molecule has 0 unspecified atom stereocenters. The second-order valence-corrected chi connectivity index (χ2v) is 5.67. The van der Waals surface area contributed by atoms with Crippen LogP contribution in [0.1, 0.15) is 41.8 Å². The number of aliphatic hydroxyl groups is 1. The maximum Gasteiger partial charge on any atom is 0.254 e. The molecule has 0 saturated heterocycles. The zero-order chi connectivity index (χ0) is 13.3. The number of aliphatic hydroxyl groups excluding tert-OH is 1. The van der Waals surface area contributed by atoms with Crippen LogP contribution in [0.25, 0.3) is 0 Å². The minimum Gasteiger partial charge on any atom is -0.394 e. The van der Waals surface area contributed by atoms with Crippen LogP contribution in [-0.4, -0.2) is 35.1 Å². The average Bonchev–Trinajstić information content (AvgIpc) is 2.84. The van der Waals surface area contributed by atoms with Crippen molar-refractivity contribution in [3.05, 3.63) is 34.9 Å². The molecule has 1 N–H and O–H groups in total. The Morgan fingerprint density at radius 3 is 2.67 bits per heavy atom. The highest BCUT2D eigenvalue weighted by Crippen LogP contribution is 2.24. The molecule has 18 heavy (non-hydrogen) atoms. The lowest BCUT2D eigenvalue weighted by molar-refractivity contribution is 0.0473. The Balaban J connectivity index is 2.24. The number of nitrogens with zero attached hydrogens (tertiary/aromatic N) is 1. The molecule has 3 heteroatoms. The molecule has 0 atom stereocenters. The molecule has 0 saturated carbocycles. The van der Waals surface area contributed by atoms with Gasteiger partial charge in [-0.3, -0.25) is 4.79 Å². The molecule has 0 radical (unpaired) electrons. The lowest BCUT2D eigenvalue weighted by atomic mass is 10.0. The first-order valence-corrected chi connectivity index (χ1v) is 6.46. The number of carbonyl (C=O) groups excluding carboxylic acids is 1. The summed E-state index contributed by atoms with van der Waals surface area (Å²) in [6.07, 6.45) is 3.39. The molecular weight excluding hydrogens is 226 g/mol. The quantitative estimate of drug-likeness (QED) is 0.887. The van der Waals surface area contributed by atoms with Gasteiger partial charge < -0.3 is 10.0 Å². The van der Waals surface area contributed by atoms with Crippen LogP contribution in [0.3, 0.4) is 0 Å². The zero-order valence-corrected chi connectivity index (χ0v) is 11.4. The molecule has 1 aromatic rings. The van der Waals surface area contributed by atoms with Crippen molar-refractivity contribution in [2.75, 3.05) is 13.7 Å². The van der Waals surface area contributed by atoms with E-state index in [9.17, 15) is 9.90 Å². The van der Waals surface area contributed by atoms with Crippen LogP contribution in [0.5, 0.6) is 0 Å². The highest BCUT2D eigenvalue weighted by molar-refractivity contribution is 5.94. The van der Waals surface area contributed by atoms with E-state index in [1.807, 2.05) is 26.0 Å². The van der Waals surface area contributed by atoms with Crippen LogP contribution >= 0.6 is 0 Å². The van der Waals surface area contributed by atoms with Gasteiger partial charge in [0.15, 0.2) is 0 Å². The number of benzene rings is 1. The van der Waals surface area contributed by atoms with E-state index in [1.54, 1.807) is 11.9 Å². The SMILES string of the molecule is CN(C(=O)c1ccc2c(c1)CCC2)C(C)(C)CO. The summed E-state index contributed by atoms with van der Waals surface area (Å²) in [5, 5.41) is 9.32. The number of carbonyl (C=O) groups is 1. The minimum absolute atomic E-state index is 0.0243. The fourth-order valence-electron chi connectivity index (χ4n) is 2.28. The molecule has 0 aliphatic heterocycles. The second-order valence-electron chi connectivity index (χ2n) is 5.67. The number of hydrogen-bond donors (Lipinski definition) is 1. The molecular formula is C15H21NO2. The van der Waals surface area contributed by atoms with E-state index in [-0.39, 0.29) is 12.5 Å². The predicted molar refractivity (Wildman–Crippen MR) is 71.7 cm³/mol. The number of amides is 1. The van der Waals surface area contributed by atoms with Gasteiger partial charge >= 0.3 is 0 Å². The van der Waals surface area contributed by atoms with Crippen molar-refractivity contribution in [1.82, 2.24) is 4.90 Å². The van der Waals surface area contributed by atoms with E-state index in [0.717, 1.165) is 18.4 Å². The van der Waals surface area contributed by atoms with Crippen molar-refractivity contribution in [2.24, 2.45) is 0 Å². The summed E-state index contributed by atoms with van der Waals surface area (Å²) >= 11 is 0. The lowest BCUT2D eigenvalue weighted by Crippen LogP contribution is -2.47. The average molecular weight is 247 g/mol. The van der Waals surface area contributed by atoms with Crippen molar-refractivity contribution in [1.29, 1.82) is 0 Å². The Kier molecular flexibility index (Phi) is 3.44. The lowest BCUT2D eigenvalue weighted by Gasteiger charge is -2.34. The molecule has 1 aliphatic carbocycles. The van der Waals surface area contributed by atoms with Crippen LogP contribution in [0.15, 0.2) is 18.2 Å². The van der Waals surface area contributed by atoms with Crippen LogP contribution in [-0.2, 0) is 12.8 Å². The van der Waals surface area contributed by atoms with Crippen molar-refractivity contribution in [2.45, 2.75) is 38.6 Å². The Morgan fingerprint density at radius 1 is 1.33 bits per heavy atom. The molecule has 0 aromatic heterocycles. The summed E-state index contributed by atoms with van der Waals surface area (Å²) < 4.78 is 0. The fourth-order valence-corrected chi connectivity index (χ4v) is 2.28. The summed E-state index contributed by atoms with van der Waals surface area (Å²) in [7, 11) is 1.74. The first kappa shape index (κ1) is 13.1. The van der Waals surface area contributed by atoms with Gasteiger partial charge in [0.25, 0.3) is 5.91 Å². The summed E-state index contributed by atoms with van der Waals surface area (Å²) in [6.45, 7) is 3.68. The van der Waals surface area contributed by atoms with E-state index in [0.29, 0.717) is 0 Å². The number of aryl methyl sites for hydroxylation is 2. The number of likely N-dealkylation sites (N-methyl/N-ethyl adjacent to an activating group) is 1. The van der Waals surface area contributed by atoms with E-state index in [4.69, 9.17) is 0 Å². The highest BCUT2D eigenvalue weighted by atomic mass is 16.3. The third-order valence-electron chi connectivity index (χ3n) is 3.95. The zero-order valence-electron chi connectivity index (χ0n) is 11.4. The minimum atomic E-state index is -0.532. The van der Waals surface area contributed by atoms with Crippen LogP contribution in [0.4, 0.5) is 0 Å². The van der Waals surface area contributed by atoms with Gasteiger partial charge in [0, 0.05) is 12.6 Å². The van der Waals surface area contributed by atoms with Gasteiger partial charge in [0.1, 0.15) is 0 Å². The number of hydrogen-bond acceptors (Lipinski definition) is 2. The molecule has 98 valence electrons. The third kappa shape index (κ3) is 2.27. The van der Waals surface area contributed by atoms with Gasteiger partial charge in [-0.25, -0.2) is 0 Å². The fraction of sp³-hybridized carbons (Fsp3) is 0.533. The van der Waals surface area contributed by atoms with Gasteiger partial charge in [-0.2, -0.15) is 0 Å². The van der Waals surface area contributed by atoms with E-state index < -0.39 is 5.54 Å². The Labute approximate surface area is 108 Å². The summed E-state index contributed by atoms with van der Waals surface area (Å²) in [6, 6.07) is 5.97. The highest BCUT2D eigenvalue weighted by Gasteiger charge is 2.28. The Bertz CT molecular complexity index is 466.